The van der Waals surface area contributed by atoms with E-state index >= 15 is 0 Å². The third-order valence-electron chi connectivity index (χ3n) is 3.33. The first kappa shape index (κ1) is 18.4. The second-order valence-corrected chi connectivity index (χ2v) is 6.01. The number of likely N-dealkylation sites (N-methyl/N-ethyl adjacent to an activating group) is 1. The molecule has 0 saturated heterocycles. The molecule has 0 radical (unpaired) electrons. The Balaban J connectivity index is 1.85. The summed E-state index contributed by atoms with van der Waals surface area (Å²) in [5, 5.41) is 0.967. The summed E-state index contributed by atoms with van der Waals surface area (Å²) < 4.78 is 10.9. The monoisotopic (exact) mass is 367 g/mol. The van der Waals surface area contributed by atoms with Crippen LogP contribution in [-0.4, -0.2) is 31.1 Å². The Labute approximate surface area is 151 Å². The fourth-order valence-corrected chi connectivity index (χ4v) is 2.37. The minimum atomic E-state index is -0.130. The van der Waals surface area contributed by atoms with Crippen LogP contribution < -0.4 is 9.47 Å². The van der Waals surface area contributed by atoms with Crippen LogP contribution in [0, 0.1) is 0 Å². The average molecular weight is 368 g/mol. The van der Waals surface area contributed by atoms with E-state index in [9.17, 15) is 4.79 Å². The fraction of sp³-hybridized carbons (Fsp3) is 0.278. The van der Waals surface area contributed by atoms with Crippen LogP contribution in [0.15, 0.2) is 42.5 Å². The number of ether oxygens (including phenoxy) is 2. The Morgan fingerprint density at radius 2 is 1.62 bits per heavy atom. The van der Waals surface area contributed by atoms with Gasteiger partial charge in [-0.1, -0.05) is 29.3 Å². The Kier molecular flexibility index (Phi) is 6.76. The molecule has 0 bridgehead atoms. The predicted octanol–water partition coefficient (Wildman–Crippen LogP) is 4.43. The van der Waals surface area contributed by atoms with Crippen molar-refractivity contribution in [1.82, 2.24) is 4.90 Å². The summed E-state index contributed by atoms with van der Waals surface area (Å²) in [7, 11) is 1.71. The summed E-state index contributed by atoms with van der Waals surface area (Å²) >= 11 is 11.9. The van der Waals surface area contributed by atoms with Gasteiger partial charge in [0.2, 0.25) is 0 Å². The number of carbonyl (C=O) groups excluding carboxylic acids is 1. The van der Waals surface area contributed by atoms with E-state index in [4.69, 9.17) is 32.7 Å². The molecule has 6 heteroatoms. The highest BCUT2D eigenvalue weighted by atomic mass is 35.5. The van der Waals surface area contributed by atoms with Gasteiger partial charge in [-0.05, 0) is 48.9 Å². The third kappa shape index (κ3) is 5.32. The Morgan fingerprint density at radius 1 is 1.00 bits per heavy atom. The molecule has 24 heavy (non-hydrogen) atoms. The van der Waals surface area contributed by atoms with Gasteiger partial charge in [-0.25, -0.2) is 0 Å². The van der Waals surface area contributed by atoms with Crippen molar-refractivity contribution in [3.05, 3.63) is 58.1 Å². The molecule has 0 heterocycles. The lowest BCUT2D eigenvalue weighted by molar-refractivity contribution is -0.132. The SMILES string of the molecule is CCOc1ccc(OCC(=O)N(C)Cc2ccc(Cl)c(Cl)c2)cc1. The van der Waals surface area contributed by atoms with Crippen LogP contribution in [0.4, 0.5) is 0 Å². The zero-order valence-corrected chi connectivity index (χ0v) is 15.1. The largest absolute Gasteiger partial charge is 0.494 e. The van der Waals surface area contributed by atoms with Crippen molar-refractivity contribution >= 4 is 29.1 Å². The van der Waals surface area contributed by atoms with Gasteiger partial charge < -0.3 is 14.4 Å². The first-order valence-corrected chi connectivity index (χ1v) is 8.28. The minimum Gasteiger partial charge on any atom is -0.494 e. The van der Waals surface area contributed by atoms with E-state index < -0.39 is 0 Å². The van der Waals surface area contributed by atoms with E-state index in [1.165, 1.54) is 0 Å². The molecule has 0 aliphatic heterocycles. The lowest BCUT2D eigenvalue weighted by Crippen LogP contribution is -2.30. The summed E-state index contributed by atoms with van der Waals surface area (Å²) in [4.78, 5) is 13.7. The summed E-state index contributed by atoms with van der Waals surface area (Å²) in [6.45, 7) is 2.93. The van der Waals surface area contributed by atoms with Crippen LogP contribution in [0.2, 0.25) is 10.0 Å². The van der Waals surface area contributed by atoms with Crippen molar-refractivity contribution in [3.63, 3.8) is 0 Å². The fourth-order valence-electron chi connectivity index (χ4n) is 2.05. The Hall–Kier alpha value is -1.91. The molecule has 0 unspecified atom stereocenters. The highest BCUT2D eigenvalue weighted by molar-refractivity contribution is 6.42. The topological polar surface area (TPSA) is 38.8 Å². The summed E-state index contributed by atoms with van der Waals surface area (Å²) in [6.07, 6.45) is 0. The zero-order valence-electron chi connectivity index (χ0n) is 13.6. The first-order chi connectivity index (χ1) is 11.5. The van der Waals surface area contributed by atoms with Gasteiger partial charge in [0.15, 0.2) is 6.61 Å². The second-order valence-electron chi connectivity index (χ2n) is 5.19. The molecule has 0 aliphatic carbocycles. The molecule has 0 aromatic heterocycles. The molecule has 0 spiro atoms. The van der Waals surface area contributed by atoms with Crippen molar-refractivity contribution in [1.29, 1.82) is 0 Å². The molecule has 0 fully saturated rings. The summed E-state index contributed by atoms with van der Waals surface area (Å²) in [5.74, 6) is 1.26. The summed E-state index contributed by atoms with van der Waals surface area (Å²) in [6, 6.07) is 12.5. The van der Waals surface area contributed by atoms with Crippen LogP contribution in [0.5, 0.6) is 11.5 Å². The number of amides is 1. The van der Waals surface area contributed by atoms with Crippen LogP contribution in [0.25, 0.3) is 0 Å². The predicted molar refractivity (Wildman–Crippen MR) is 96.0 cm³/mol. The highest BCUT2D eigenvalue weighted by Crippen LogP contribution is 2.23. The van der Waals surface area contributed by atoms with Gasteiger partial charge in [0.05, 0.1) is 16.7 Å². The van der Waals surface area contributed by atoms with Crippen molar-refractivity contribution < 1.29 is 14.3 Å². The molecule has 0 atom stereocenters. The van der Waals surface area contributed by atoms with Crippen molar-refractivity contribution in [2.24, 2.45) is 0 Å². The van der Waals surface area contributed by atoms with Gasteiger partial charge in [-0.2, -0.15) is 0 Å². The minimum absolute atomic E-state index is 0.0359. The third-order valence-corrected chi connectivity index (χ3v) is 4.07. The van der Waals surface area contributed by atoms with E-state index in [2.05, 4.69) is 0 Å². The van der Waals surface area contributed by atoms with Gasteiger partial charge >= 0.3 is 0 Å². The molecule has 0 N–H and O–H groups in total. The van der Waals surface area contributed by atoms with Crippen LogP contribution in [-0.2, 0) is 11.3 Å². The lowest BCUT2D eigenvalue weighted by atomic mass is 10.2. The van der Waals surface area contributed by atoms with E-state index in [1.54, 1.807) is 36.2 Å². The highest BCUT2D eigenvalue weighted by Gasteiger charge is 2.11. The molecular formula is C18H19Cl2NO3. The van der Waals surface area contributed by atoms with Gasteiger partial charge in [0.1, 0.15) is 11.5 Å². The standard InChI is InChI=1S/C18H19Cl2NO3/c1-3-23-14-5-7-15(8-6-14)24-12-18(22)21(2)11-13-4-9-16(19)17(20)10-13/h4-10H,3,11-12H2,1-2H3. The molecule has 2 rings (SSSR count). The number of hydrogen-bond donors (Lipinski definition) is 0. The van der Waals surface area contributed by atoms with E-state index in [1.807, 2.05) is 25.1 Å². The number of benzene rings is 2. The van der Waals surface area contributed by atoms with Crippen LogP contribution in [0.3, 0.4) is 0 Å². The molecule has 2 aromatic rings. The van der Waals surface area contributed by atoms with Crippen LogP contribution in [0.1, 0.15) is 12.5 Å². The number of hydrogen-bond acceptors (Lipinski definition) is 3. The lowest BCUT2D eigenvalue weighted by Gasteiger charge is -2.18. The first-order valence-electron chi connectivity index (χ1n) is 7.53. The maximum atomic E-state index is 12.2. The smallest absolute Gasteiger partial charge is 0.260 e. The van der Waals surface area contributed by atoms with Gasteiger partial charge in [0.25, 0.3) is 5.91 Å². The molecule has 2 aromatic carbocycles. The number of nitrogens with zero attached hydrogens (tertiary/aromatic N) is 1. The van der Waals surface area contributed by atoms with E-state index in [0.717, 1.165) is 11.3 Å². The zero-order chi connectivity index (χ0) is 17.5. The van der Waals surface area contributed by atoms with Gasteiger partial charge in [0, 0.05) is 13.6 Å². The maximum Gasteiger partial charge on any atom is 0.260 e. The number of carbonyl (C=O) groups is 1. The molecule has 128 valence electrons. The molecular weight excluding hydrogens is 349 g/mol. The van der Waals surface area contributed by atoms with Crippen molar-refractivity contribution in [2.75, 3.05) is 20.3 Å². The average Bonchev–Trinajstić information content (AvgIpc) is 2.57. The molecule has 4 nitrogen and oxygen atoms in total. The van der Waals surface area contributed by atoms with Gasteiger partial charge in [-0.3, -0.25) is 4.79 Å². The maximum absolute atomic E-state index is 12.2. The quantitative estimate of drug-likeness (QED) is 0.726. The molecule has 1 amide bonds. The number of halogens is 2. The van der Waals surface area contributed by atoms with E-state index in [0.29, 0.717) is 28.9 Å². The van der Waals surface area contributed by atoms with Crippen molar-refractivity contribution in [3.8, 4) is 11.5 Å². The molecule has 0 aliphatic rings. The van der Waals surface area contributed by atoms with Crippen molar-refractivity contribution in [2.45, 2.75) is 13.5 Å². The number of rotatable bonds is 7. The Bertz CT molecular complexity index is 689. The Morgan fingerprint density at radius 3 is 2.21 bits per heavy atom. The van der Waals surface area contributed by atoms with Crippen LogP contribution >= 0.6 is 23.2 Å². The van der Waals surface area contributed by atoms with E-state index in [-0.39, 0.29) is 12.5 Å². The molecule has 0 saturated carbocycles. The van der Waals surface area contributed by atoms with Gasteiger partial charge in [-0.15, -0.1) is 0 Å². The summed E-state index contributed by atoms with van der Waals surface area (Å²) in [5.41, 5.74) is 0.904. The second kappa shape index (κ2) is 8.81. The normalized spacial score (nSPS) is 10.3.